The number of nitrogens with zero attached hydrogens (tertiary/aromatic N) is 1. The van der Waals surface area contributed by atoms with E-state index in [0.29, 0.717) is 12.5 Å². The molecule has 0 atom stereocenters. The molecule has 0 radical (unpaired) electrons. The average Bonchev–Trinajstić information content (AvgIpc) is 2.36. The number of carbonyl (C=O) groups is 1. The van der Waals surface area contributed by atoms with E-state index in [2.05, 4.69) is 21.9 Å². The Bertz CT molecular complexity index is 213. The minimum Gasteiger partial charge on any atom is -0.469 e. The molecule has 1 aliphatic rings. The van der Waals surface area contributed by atoms with E-state index in [1.807, 2.05) is 0 Å². The zero-order valence-electron chi connectivity index (χ0n) is 11.2. The summed E-state index contributed by atoms with van der Waals surface area (Å²) in [6.07, 6.45) is 5.12. The maximum atomic E-state index is 10.9. The number of hydrogen-bond acceptors (Lipinski definition) is 4. The number of piperidine rings is 1. The molecule has 1 rings (SSSR count). The predicted octanol–water partition coefficient (Wildman–Crippen LogP) is 1.40. The van der Waals surface area contributed by atoms with Gasteiger partial charge in [-0.15, -0.1) is 0 Å². The Kier molecular flexibility index (Phi) is 7.21. The fourth-order valence-corrected chi connectivity index (χ4v) is 2.32. The summed E-state index contributed by atoms with van der Waals surface area (Å²) in [7, 11) is 1.44. The Morgan fingerprint density at radius 1 is 1.41 bits per heavy atom. The van der Waals surface area contributed by atoms with E-state index in [1.165, 1.54) is 46.0 Å². The zero-order valence-corrected chi connectivity index (χ0v) is 11.2. The quantitative estimate of drug-likeness (QED) is 0.541. The molecule has 0 spiro atoms. The van der Waals surface area contributed by atoms with Gasteiger partial charge in [-0.3, -0.25) is 4.79 Å². The molecular formula is C13H26N2O2. The van der Waals surface area contributed by atoms with Crippen molar-refractivity contribution in [3.8, 4) is 0 Å². The summed E-state index contributed by atoms with van der Waals surface area (Å²) in [5.74, 6) is -0.107. The van der Waals surface area contributed by atoms with Crippen LogP contribution in [0, 0.1) is 0 Å². The van der Waals surface area contributed by atoms with Crippen LogP contribution in [0.15, 0.2) is 0 Å². The van der Waals surface area contributed by atoms with Gasteiger partial charge >= 0.3 is 5.97 Å². The van der Waals surface area contributed by atoms with Gasteiger partial charge in [0.2, 0.25) is 0 Å². The fourth-order valence-electron chi connectivity index (χ4n) is 2.32. The van der Waals surface area contributed by atoms with Gasteiger partial charge in [-0.05, 0) is 51.9 Å². The normalized spacial score (nSPS) is 18.2. The SMILES string of the molecule is CCCN1CCC(NCCCC(=O)OC)CC1. The number of hydrogen-bond donors (Lipinski definition) is 1. The van der Waals surface area contributed by atoms with Gasteiger partial charge in [0.05, 0.1) is 7.11 Å². The molecule has 1 saturated heterocycles. The van der Waals surface area contributed by atoms with Crippen molar-refractivity contribution in [2.75, 3.05) is 33.3 Å². The number of ether oxygens (including phenoxy) is 1. The molecule has 0 amide bonds. The van der Waals surface area contributed by atoms with E-state index in [-0.39, 0.29) is 5.97 Å². The van der Waals surface area contributed by atoms with Crippen LogP contribution < -0.4 is 5.32 Å². The van der Waals surface area contributed by atoms with Crippen LogP contribution in [0.3, 0.4) is 0 Å². The second-order valence-electron chi connectivity index (χ2n) is 4.75. The maximum Gasteiger partial charge on any atom is 0.305 e. The van der Waals surface area contributed by atoms with E-state index >= 15 is 0 Å². The number of carbonyl (C=O) groups excluding carboxylic acids is 1. The highest BCUT2D eigenvalue weighted by molar-refractivity contribution is 5.69. The van der Waals surface area contributed by atoms with Crippen molar-refractivity contribution >= 4 is 5.97 Å². The van der Waals surface area contributed by atoms with E-state index in [4.69, 9.17) is 0 Å². The van der Waals surface area contributed by atoms with Crippen LogP contribution in [0.25, 0.3) is 0 Å². The maximum absolute atomic E-state index is 10.9. The van der Waals surface area contributed by atoms with Gasteiger partial charge in [0.1, 0.15) is 0 Å². The highest BCUT2D eigenvalue weighted by Gasteiger charge is 2.17. The number of rotatable bonds is 7. The fraction of sp³-hybridized carbons (Fsp3) is 0.923. The van der Waals surface area contributed by atoms with Crippen LogP contribution in [-0.2, 0) is 9.53 Å². The highest BCUT2D eigenvalue weighted by Crippen LogP contribution is 2.10. The first kappa shape index (κ1) is 14.5. The number of nitrogens with one attached hydrogen (secondary N) is 1. The molecule has 17 heavy (non-hydrogen) atoms. The summed E-state index contributed by atoms with van der Waals surface area (Å²) in [5, 5.41) is 3.53. The molecule has 0 aromatic heterocycles. The van der Waals surface area contributed by atoms with Gasteiger partial charge in [0.15, 0.2) is 0 Å². The first-order chi connectivity index (χ1) is 8.26. The number of likely N-dealkylation sites (tertiary alicyclic amines) is 1. The Labute approximate surface area is 105 Å². The minimum atomic E-state index is -0.107. The number of esters is 1. The van der Waals surface area contributed by atoms with Crippen molar-refractivity contribution in [3.05, 3.63) is 0 Å². The lowest BCUT2D eigenvalue weighted by Gasteiger charge is -2.32. The number of methoxy groups -OCH3 is 1. The van der Waals surface area contributed by atoms with Crippen LogP contribution >= 0.6 is 0 Å². The Morgan fingerprint density at radius 3 is 2.71 bits per heavy atom. The summed E-state index contributed by atoms with van der Waals surface area (Å²) in [5.41, 5.74) is 0. The molecule has 4 heteroatoms. The molecule has 100 valence electrons. The molecule has 1 fully saturated rings. The molecule has 1 N–H and O–H groups in total. The van der Waals surface area contributed by atoms with Gasteiger partial charge in [0.25, 0.3) is 0 Å². The molecule has 0 aliphatic carbocycles. The van der Waals surface area contributed by atoms with Gasteiger partial charge in [-0.1, -0.05) is 6.92 Å². The van der Waals surface area contributed by atoms with E-state index in [9.17, 15) is 4.79 Å². The third-order valence-corrected chi connectivity index (χ3v) is 3.35. The molecule has 0 aromatic rings. The lowest BCUT2D eigenvalue weighted by molar-refractivity contribution is -0.140. The summed E-state index contributed by atoms with van der Waals surface area (Å²) in [6.45, 7) is 6.81. The van der Waals surface area contributed by atoms with Crippen LogP contribution in [0.1, 0.15) is 39.0 Å². The van der Waals surface area contributed by atoms with Crippen molar-refractivity contribution in [3.63, 3.8) is 0 Å². The van der Waals surface area contributed by atoms with E-state index in [1.54, 1.807) is 0 Å². The summed E-state index contributed by atoms with van der Waals surface area (Å²) in [6, 6.07) is 0.640. The third-order valence-electron chi connectivity index (χ3n) is 3.35. The predicted molar refractivity (Wildman–Crippen MR) is 69.0 cm³/mol. The van der Waals surface area contributed by atoms with Crippen molar-refractivity contribution in [2.45, 2.75) is 45.1 Å². The Balaban J connectivity index is 2.00. The second-order valence-corrected chi connectivity index (χ2v) is 4.75. The molecule has 1 heterocycles. The standard InChI is InChI=1S/C13H26N2O2/c1-3-9-15-10-6-12(7-11-15)14-8-4-5-13(16)17-2/h12,14H,3-11H2,1-2H3. The van der Waals surface area contributed by atoms with Crippen LogP contribution in [0.4, 0.5) is 0 Å². The van der Waals surface area contributed by atoms with Gasteiger partial charge in [-0.2, -0.15) is 0 Å². The van der Waals surface area contributed by atoms with Crippen LogP contribution in [-0.4, -0.2) is 50.2 Å². The molecule has 4 nitrogen and oxygen atoms in total. The highest BCUT2D eigenvalue weighted by atomic mass is 16.5. The van der Waals surface area contributed by atoms with Crippen LogP contribution in [0.2, 0.25) is 0 Å². The Hall–Kier alpha value is -0.610. The van der Waals surface area contributed by atoms with Crippen molar-refractivity contribution < 1.29 is 9.53 Å². The molecular weight excluding hydrogens is 216 g/mol. The molecule has 1 aliphatic heterocycles. The van der Waals surface area contributed by atoms with Gasteiger partial charge in [-0.25, -0.2) is 0 Å². The summed E-state index contributed by atoms with van der Waals surface area (Å²) < 4.78 is 4.61. The van der Waals surface area contributed by atoms with Crippen LogP contribution in [0.5, 0.6) is 0 Å². The van der Waals surface area contributed by atoms with Gasteiger partial charge in [0, 0.05) is 12.5 Å². The summed E-state index contributed by atoms with van der Waals surface area (Å²) in [4.78, 5) is 13.5. The molecule has 0 bridgehead atoms. The Morgan fingerprint density at radius 2 is 2.12 bits per heavy atom. The monoisotopic (exact) mass is 242 g/mol. The third kappa shape index (κ3) is 6.03. The lowest BCUT2D eigenvalue weighted by Crippen LogP contribution is -2.43. The second kappa shape index (κ2) is 8.48. The van der Waals surface area contributed by atoms with Crippen molar-refractivity contribution in [1.82, 2.24) is 10.2 Å². The van der Waals surface area contributed by atoms with E-state index < -0.39 is 0 Å². The van der Waals surface area contributed by atoms with E-state index in [0.717, 1.165) is 13.0 Å². The molecule has 0 saturated carbocycles. The first-order valence-electron chi connectivity index (χ1n) is 6.78. The average molecular weight is 242 g/mol. The molecule has 0 aromatic carbocycles. The molecule has 0 unspecified atom stereocenters. The minimum absolute atomic E-state index is 0.107. The van der Waals surface area contributed by atoms with Crippen molar-refractivity contribution in [2.24, 2.45) is 0 Å². The summed E-state index contributed by atoms with van der Waals surface area (Å²) >= 11 is 0. The largest absolute Gasteiger partial charge is 0.469 e. The van der Waals surface area contributed by atoms with Gasteiger partial charge < -0.3 is 15.0 Å². The van der Waals surface area contributed by atoms with Crippen molar-refractivity contribution in [1.29, 1.82) is 0 Å². The zero-order chi connectivity index (χ0) is 12.5. The smallest absolute Gasteiger partial charge is 0.305 e. The topological polar surface area (TPSA) is 41.6 Å². The lowest BCUT2D eigenvalue weighted by atomic mass is 10.0. The first-order valence-corrected chi connectivity index (χ1v) is 6.78.